The molecule has 12 heteroatoms. The Morgan fingerprint density at radius 2 is 1.30 bits per heavy atom. The standard InChI is InChI=1S/C28H28F6N4O2/c29-27(30,31)26(40,28(32,33)34)22-5-1-21(2-6-22)18-38-15-11-20(12-16-38)17-19-3-7-23(8-4-19)36-25(39)37-24-9-13-35-14-10-24/h1-10,13-14,20,40H,11-12,15-18H2,(H2,35,36,37,39). The first-order valence-electron chi connectivity index (χ1n) is 12.6. The number of alkyl halides is 6. The maximum Gasteiger partial charge on any atom is 0.430 e. The first kappa shape index (κ1) is 29.3. The molecule has 2 heterocycles. The van der Waals surface area contributed by atoms with E-state index >= 15 is 0 Å². The average molecular weight is 567 g/mol. The third-order valence-electron chi connectivity index (χ3n) is 6.98. The van der Waals surface area contributed by atoms with Crippen LogP contribution in [0.15, 0.2) is 73.1 Å². The van der Waals surface area contributed by atoms with Crippen LogP contribution in [0.25, 0.3) is 0 Å². The second kappa shape index (κ2) is 11.8. The summed E-state index contributed by atoms with van der Waals surface area (Å²) in [6, 6.07) is 14.3. The fraction of sp³-hybridized carbons (Fsp3) is 0.357. The van der Waals surface area contributed by atoms with Gasteiger partial charge in [0.2, 0.25) is 0 Å². The number of hydrogen-bond donors (Lipinski definition) is 3. The Hall–Kier alpha value is -3.64. The summed E-state index contributed by atoms with van der Waals surface area (Å²) >= 11 is 0. The fourth-order valence-corrected chi connectivity index (χ4v) is 4.73. The number of likely N-dealkylation sites (tertiary alicyclic amines) is 1. The van der Waals surface area contributed by atoms with Gasteiger partial charge in [0.05, 0.1) is 0 Å². The quantitative estimate of drug-likeness (QED) is 0.286. The number of anilines is 2. The van der Waals surface area contributed by atoms with Crippen LogP contribution < -0.4 is 10.6 Å². The van der Waals surface area contributed by atoms with Crippen LogP contribution in [0.4, 0.5) is 42.5 Å². The third kappa shape index (κ3) is 6.92. The molecule has 0 unspecified atom stereocenters. The number of aromatic nitrogens is 1. The zero-order valence-corrected chi connectivity index (χ0v) is 21.3. The summed E-state index contributed by atoms with van der Waals surface area (Å²) in [5.41, 5.74) is -3.22. The number of halogens is 6. The number of hydrogen-bond acceptors (Lipinski definition) is 4. The molecule has 0 radical (unpaired) electrons. The van der Waals surface area contributed by atoms with Gasteiger partial charge in [-0.3, -0.25) is 9.88 Å². The summed E-state index contributed by atoms with van der Waals surface area (Å²) in [6.45, 7) is 1.85. The van der Waals surface area contributed by atoms with Crippen LogP contribution >= 0.6 is 0 Å². The first-order chi connectivity index (χ1) is 18.8. The van der Waals surface area contributed by atoms with E-state index in [0.717, 1.165) is 37.9 Å². The van der Waals surface area contributed by atoms with E-state index in [1.807, 2.05) is 24.3 Å². The van der Waals surface area contributed by atoms with Gasteiger partial charge in [0.15, 0.2) is 0 Å². The van der Waals surface area contributed by atoms with Crippen LogP contribution in [0.3, 0.4) is 0 Å². The van der Waals surface area contributed by atoms with Gasteiger partial charge < -0.3 is 15.7 Å². The van der Waals surface area contributed by atoms with Crippen LogP contribution in [0, 0.1) is 5.92 Å². The van der Waals surface area contributed by atoms with Crippen molar-refractivity contribution in [1.82, 2.24) is 9.88 Å². The number of rotatable bonds is 7. The lowest BCUT2D eigenvalue weighted by molar-refractivity contribution is -0.376. The maximum atomic E-state index is 13.1. The molecule has 2 amide bonds. The molecule has 0 aliphatic carbocycles. The second-order valence-electron chi connectivity index (χ2n) is 9.84. The Labute approximate surface area is 227 Å². The van der Waals surface area contributed by atoms with Crippen molar-refractivity contribution in [3.8, 4) is 0 Å². The van der Waals surface area contributed by atoms with Crippen molar-refractivity contribution in [1.29, 1.82) is 0 Å². The minimum atomic E-state index is -5.90. The lowest BCUT2D eigenvalue weighted by atomic mass is 9.89. The van der Waals surface area contributed by atoms with Crippen molar-refractivity contribution in [2.24, 2.45) is 5.92 Å². The van der Waals surface area contributed by atoms with Gasteiger partial charge in [-0.15, -0.1) is 0 Å². The van der Waals surface area contributed by atoms with E-state index in [0.29, 0.717) is 41.5 Å². The van der Waals surface area contributed by atoms with Crippen LogP contribution in [0.2, 0.25) is 0 Å². The van der Waals surface area contributed by atoms with Crippen molar-refractivity contribution in [2.45, 2.75) is 43.8 Å². The summed E-state index contributed by atoms with van der Waals surface area (Å²) in [5.74, 6) is 0.418. The first-order valence-corrected chi connectivity index (χ1v) is 12.6. The van der Waals surface area contributed by atoms with Crippen LogP contribution in [-0.2, 0) is 18.6 Å². The van der Waals surface area contributed by atoms with Gasteiger partial charge in [-0.25, -0.2) is 4.79 Å². The number of pyridine rings is 1. The minimum Gasteiger partial charge on any atom is -0.369 e. The smallest absolute Gasteiger partial charge is 0.369 e. The minimum absolute atomic E-state index is 0.364. The number of piperidine rings is 1. The number of nitrogens with one attached hydrogen (secondary N) is 2. The number of nitrogens with zero attached hydrogens (tertiary/aromatic N) is 2. The summed E-state index contributed by atoms with van der Waals surface area (Å²) in [5, 5.41) is 15.0. The van der Waals surface area contributed by atoms with Crippen molar-refractivity contribution in [3.63, 3.8) is 0 Å². The fourth-order valence-electron chi connectivity index (χ4n) is 4.73. The van der Waals surface area contributed by atoms with Gasteiger partial charge in [0, 0.05) is 35.9 Å². The van der Waals surface area contributed by atoms with E-state index in [2.05, 4.69) is 20.5 Å². The zero-order valence-electron chi connectivity index (χ0n) is 21.3. The molecule has 40 heavy (non-hydrogen) atoms. The summed E-state index contributed by atoms with van der Waals surface area (Å²) in [4.78, 5) is 18.1. The second-order valence-corrected chi connectivity index (χ2v) is 9.84. The van der Waals surface area contributed by atoms with Crippen LogP contribution in [-0.4, -0.2) is 46.5 Å². The molecule has 1 aliphatic rings. The molecule has 4 rings (SSSR count). The normalized spacial score (nSPS) is 15.6. The SMILES string of the molecule is O=C(Nc1ccncc1)Nc1ccc(CC2CCN(Cc3ccc(C(O)(C(F)(F)F)C(F)(F)F)cc3)CC2)cc1. The molecule has 1 aliphatic heterocycles. The van der Waals surface area contributed by atoms with E-state index in [9.17, 15) is 36.2 Å². The van der Waals surface area contributed by atoms with E-state index in [1.54, 1.807) is 24.5 Å². The van der Waals surface area contributed by atoms with Crippen molar-refractivity contribution in [2.75, 3.05) is 23.7 Å². The number of amides is 2. The Bertz CT molecular complexity index is 1240. The molecule has 0 bridgehead atoms. The van der Waals surface area contributed by atoms with E-state index < -0.39 is 23.5 Å². The number of benzene rings is 2. The van der Waals surface area contributed by atoms with Gasteiger partial charge in [0.25, 0.3) is 5.60 Å². The highest BCUT2D eigenvalue weighted by atomic mass is 19.4. The van der Waals surface area contributed by atoms with Gasteiger partial charge in [-0.2, -0.15) is 26.3 Å². The molecule has 1 saturated heterocycles. The predicted molar refractivity (Wildman–Crippen MR) is 137 cm³/mol. The maximum absolute atomic E-state index is 13.1. The average Bonchev–Trinajstić information content (AvgIpc) is 2.90. The number of carbonyl (C=O) groups excluding carboxylic acids is 1. The van der Waals surface area contributed by atoms with Gasteiger partial charge in [-0.05, 0) is 73.7 Å². The highest BCUT2D eigenvalue weighted by molar-refractivity contribution is 5.99. The predicted octanol–water partition coefficient (Wildman–Crippen LogP) is 6.49. The Morgan fingerprint density at radius 1 is 0.800 bits per heavy atom. The lowest BCUT2D eigenvalue weighted by Crippen LogP contribution is -2.53. The molecule has 3 aromatic rings. The molecule has 6 nitrogen and oxygen atoms in total. The molecule has 0 spiro atoms. The van der Waals surface area contributed by atoms with Crippen molar-refractivity contribution < 1.29 is 36.2 Å². The Morgan fingerprint density at radius 3 is 1.82 bits per heavy atom. The van der Waals surface area contributed by atoms with E-state index in [-0.39, 0.29) is 6.03 Å². The summed E-state index contributed by atoms with van der Waals surface area (Å²) in [6.07, 6.45) is -6.03. The molecule has 2 aromatic carbocycles. The molecule has 3 N–H and O–H groups in total. The highest BCUT2D eigenvalue weighted by Crippen LogP contribution is 2.50. The largest absolute Gasteiger partial charge is 0.430 e. The van der Waals surface area contributed by atoms with Gasteiger partial charge in [-0.1, -0.05) is 36.4 Å². The molecular weight excluding hydrogens is 538 g/mol. The Kier molecular flexibility index (Phi) is 8.69. The molecule has 1 aromatic heterocycles. The van der Waals surface area contributed by atoms with Gasteiger partial charge in [0.1, 0.15) is 0 Å². The van der Waals surface area contributed by atoms with Crippen LogP contribution in [0.5, 0.6) is 0 Å². The number of urea groups is 1. The third-order valence-corrected chi connectivity index (χ3v) is 6.98. The Balaban J connectivity index is 1.25. The molecular formula is C28H28F6N4O2. The highest BCUT2D eigenvalue weighted by Gasteiger charge is 2.71. The zero-order chi connectivity index (χ0) is 29.0. The molecule has 0 saturated carbocycles. The van der Waals surface area contributed by atoms with Gasteiger partial charge >= 0.3 is 18.4 Å². The number of aliphatic hydroxyl groups is 1. The monoisotopic (exact) mass is 566 g/mol. The van der Waals surface area contributed by atoms with E-state index in [4.69, 9.17) is 0 Å². The van der Waals surface area contributed by atoms with Crippen molar-refractivity contribution in [3.05, 3.63) is 89.7 Å². The molecule has 0 atom stereocenters. The molecule has 214 valence electrons. The van der Waals surface area contributed by atoms with E-state index in [1.165, 1.54) is 12.1 Å². The van der Waals surface area contributed by atoms with Crippen LogP contribution in [0.1, 0.15) is 29.5 Å². The van der Waals surface area contributed by atoms with Crippen molar-refractivity contribution >= 4 is 17.4 Å². The number of carbonyl (C=O) groups is 1. The lowest BCUT2D eigenvalue weighted by Gasteiger charge is -2.33. The summed E-state index contributed by atoms with van der Waals surface area (Å²) in [7, 11) is 0. The summed E-state index contributed by atoms with van der Waals surface area (Å²) < 4.78 is 78.6. The molecule has 1 fully saturated rings. The topological polar surface area (TPSA) is 77.5 Å².